The van der Waals surface area contributed by atoms with E-state index in [1.54, 1.807) is 18.3 Å². The molecule has 6 rings (SSSR count). The predicted molar refractivity (Wildman–Crippen MR) is 141 cm³/mol. The number of rotatable bonds is 6. The van der Waals surface area contributed by atoms with Gasteiger partial charge >= 0.3 is 0 Å². The Morgan fingerprint density at radius 3 is 2.47 bits per heavy atom. The van der Waals surface area contributed by atoms with E-state index in [0.717, 1.165) is 25.2 Å². The summed E-state index contributed by atoms with van der Waals surface area (Å²) < 4.78 is 24.4. The van der Waals surface area contributed by atoms with Crippen molar-refractivity contribution in [2.45, 2.75) is 6.54 Å². The molecule has 0 aliphatic carbocycles. The maximum absolute atomic E-state index is 13.6. The number of fused-ring (bicyclic) bond motifs is 1. The van der Waals surface area contributed by atoms with Crippen molar-refractivity contribution >= 4 is 17.4 Å². The van der Waals surface area contributed by atoms with Crippen molar-refractivity contribution in [1.29, 1.82) is 0 Å². The van der Waals surface area contributed by atoms with Crippen LogP contribution in [0.2, 0.25) is 0 Å². The third-order valence-corrected chi connectivity index (χ3v) is 6.67. The molecule has 1 aromatic heterocycles. The molecule has 8 nitrogen and oxygen atoms in total. The average molecular weight is 512 g/mol. The van der Waals surface area contributed by atoms with Gasteiger partial charge in [0.05, 0.1) is 0 Å². The van der Waals surface area contributed by atoms with E-state index in [-0.39, 0.29) is 18.5 Å². The Bertz CT molecular complexity index is 1440. The molecule has 0 bridgehead atoms. The van der Waals surface area contributed by atoms with Crippen LogP contribution >= 0.6 is 0 Å². The fraction of sp³-hybridized carbons (Fsp3) is 0.207. The number of aromatic nitrogens is 2. The fourth-order valence-corrected chi connectivity index (χ4v) is 4.60. The lowest BCUT2D eigenvalue weighted by atomic mass is 10.1. The van der Waals surface area contributed by atoms with E-state index in [1.807, 2.05) is 41.3 Å². The molecule has 1 amide bonds. The molecule has 2 aliphatic rings. The lowest BCUT2D eigenvalue weighted by molar-refractivity contribution is 0.0628. The number of carbonyl (C=O) groups is 1. The Balaban J connectivity index is 1.24. The number of nitrogens with zero attached hydrogens (tertiary/aromatic N) is 4. The van der Waals surface area contributed by atoms with Crippen LogP contribution in [0.15, 0.2) is 79.0 Å². The van der Waals surface area contributed by atoms with Gasteiger partial charge in [0.2, 0.25) is 6.79 Å². The zero-order valence-corrected chi connectivity index (χ0v) is 20.6. The molecule has 38 heavy (non-hydrogen) atoms. The lowest BCUT2D eigenvalue weighted by Gasteiger charge is -2.35. The molecule has 0 saturated carbocycles. The van der Waals surface area contributed by atoms with Crippen molar-refractivity contribution < 1.29 is 18.7 Å². The summed E-state index contributed by atoms with van der Waals surface area (Å²) >= 11 is 0. The van der Waals surface area contributed by atoms with Gasteiger partial charge in [-0.1, -0.05) is 30.3 Å². The molecule has 1 saturated heterocycles. The Hall–Kier alpha value is -4.50. The average Bonchev–Trinajstić information content (AvgIpc) is 3.43. The van der Waals surface area contributed by atoms with Crippen molar-refractivity contribution in [3.63, 3.8) is 0 Å². The first-order chi connectivity index (χ1) is 18.6. The van der Waals surface area contributed by atoms with Gasteiger partial charge in [-0.15, -0.1) is 0 Å². The number of carbonyl (C=O) groups excluding carboxylic acids is 1. The molecule has 4 aromatic rings. The van der Waals surface area contributed by atoms with Crippen molar-refractivity contribution in [1.82, 2.24) is 19.8 Å². The third kappa shape index (κ3) is 5.14. The van der Waals surface area contributed by atoms with E-state index < -0.39 is 0 Å². The van der Waals surface area contributed by atoms with Crippen LogP contribution in [0.4, 0.5) is 15.9 Å². The number of amides is 1. The van der Waals surface area contributed by atoms with Crippen LogP contribution in [-0.4, -0.2) is 58.6 Å². The first-order valence-corrected chi connectivity index (χ1v) is 12.5. The van der Waals surface area contributed by atoms with Crippen molar-refractivity contribution in [3.8, 4) is 22.9 Å². The number of anilines is 2. The normalized spacial score (nSPS) is 14.9. The maximum atomic E-state index is 13.6. The molecule has 1 N–H and O–H groups in total. The molecule has 3 heterocycles. The minimum atomic E-state index is -0.344. The Morgan fingerprint density at radius 1 is 0.921 bits per heavy atom. The van der Waals surface area contributed by atoms with Crippen LogP contribution in [-0.2, 0) is 6.54 Å². The van der Waals surface area contributed by atoms with Crippen LogP contribution in [0.3, 0.4) is 0 Å². The van der Waals surface area contributed by atoms with E-state index >= 15 is 0 Å². The van der Waals surface area contributed by atoms with Crippen molar-refractivity contribution in [3.05, 3.63) is 95.9 Å². The van der Waals surface area contributed by atoms with Gasteiger partial charge in [-0.2, -0.15) is 0 Å². The number of halogens is 1. The minimum absolute atomic E-state index is 0.147. The summed E-state index contributed by atoms with van der Waals surface area (Å²) in [5.41, 5.74) is 2.95. The Labute approximate surface area is 219 Å². The highest BCUT2D eigenvalue weighted by molar-refractivity contribution is 5.99. The van der Waals surface area contributed by atoms with Crippen LogP contribution in [0, 0.1) is 5.82 Å². The summed E-state index contributed by atoms with van der Waals surface area (Å²) in [7, 11) is 0. The van der Waals surface area contributed by atoms with Gasteiger partial charge in [-0.05, 0) is 48.0 Å². The second kappa shape index (κ2) is 10.5. The van der Waals surface area contributed by atoms with Crippen LogP contribution < -0.4 is 14.8 Å². The summed E-state index contributed by atoms with van der Waals surface area (Å²) in [5.74, 6) is 1.58. The molecule has 0 atom stereocenters. The van der Waals surface area contributed by atoms with Gasteiger partial charge in [-0.25, -0.2) is 14.4 Å². The van der Waals surface area contributed by atoms with Crippen LogP contribution in [0.25, 0.3) is 11.4 Å². The van der Waals surface area contributed by atoms with Gasteiger partial charge in [0.1, 0.15) is 17.2 Å². The maximum Gasteiger partial charge on any atom is 0.259 e. The summed E-state index contributed by atoms with van der Waals surface area (Å²) in [5, 5.41) is 3.19. The lowest BCUT2D eigenvalue weighted by Crippen LogP contribution is -2.48. The summed E-state index contributed by atoms with van der Waals surface area (Å²) in [6.45, 7) is 3.78. The quantitative estimate of drug-likeness (QED) is 0.402. The Morgan fingerprint density at radius 2 is 1.68 bits per heavy atom. The smallest absolute Gasteiger partial charge is 0.259 e. The molecular weight excluding hydrogens is 485 g/mol. The first kappa shape index (κ1) is 23.9. The molecule has 192 valence electrons. The molecule has 0 radical (unpaired) electrons. The number of ether oxygens (including phenoxy) is 2. The van der Waals surface area contributed by atoms with Gasteiger partial charge in [-0.3, -0.25) is 9.69 Å². The fourth-order valence-electron chi connectivity index (χ4n) is 4.60. The predicted octanol–water partition coefficient (Wildman–Crippen LogP) is 4.71. The molecule has 1 fully saturated rings. The van der Waals surface area contributed by atoms with Gasteiger partial charge < -0.3 is 19.7 Å². The monoisotopic (exact) mass is 511 g/mol. The highest BCUT2D eigenvalue weighted by Gasteiger charge is 2.26. The van der Waals surface area contributed by atoms with Crippen LogP contribution in [0.1, 0.15) is 15.9 Å². The molecule has 2 aliphatic heterocycles. The summed E-state index contributed by atoms with van der Waals surface area (Å²) in [4.78, 5) is 27.0. The highest BCUT2D eigenvalue weighted by Crippen LogP contribution is 2.35. The van der Waals surface area contributed by atoms with Gasteiger partial charge in [0, 0.05) is 50.2 Å². The van der Waals surface area contributed by atoms with E-state index in [0.29, 0.717) is 47.5 Å². The van der Waals surface area contributed by atoms with E-state index in [1.165, 1.54) is 17.7 Å². The largest absolute Gasteiger partial charge is 0.454 e. The van der Waals surface area contributed by atoms with Crippen molar-refractivity contribution in [2.24, 2.45) is 0 Å². The summed E-state index contributed by atoms with van der Waals surface area (Å²) in [6, 6.07) is 21.7. The number of hydrogen-bond donors (Lipinski definition) is 1. The number of nitrogens with one attached hydrogen (secondary N) is 1. The highest BCUT2D eigenvalue weighted by atomic mass is 19.1. The van der Waals surface area contributed by atoms with E-state index in [9.17, 15) is 9.18 Å². The van der Waals surface area contributed by atoms with Crippen molar-refractivity contribution in [2.75, 3.05) is 38.3 Å². The zero-order chi connectivity index (χ0) is 25.9. The summed E-state index contributed by atoms with van der Waals surface area (Å²) in [6.07, 6.45) is 1.55. The van der Waals surface area contributed by atoms with Gasteiger partial charge in [0.25, 0.3) is 5.91 Å². The minimum Gasteiger partial charge on any atom is -0.454 e. The molecule has 3 aromatic carbocycles. The number of piperazine rings is 1. The Kier molecular flexibility index (Phi) is 6.58. The molecular formula is C29H26FN5O3. The van der Waals surface area contributed by atoms with E-state index in [4.69, 9.17) is 14.5 Å². The van der Waals surface area contributed by atoms with Gasteiger partial charge in [0.15, 0.2) is 17.3 Å². The standard InChI is InChI=1S/C29H26FN5O3/c30-22-7-9-23(10-8-22)32-28-24(17-31-27(33-28)21-6-11-25-26(16-21)38-19-37-25)29(36)35-14-12-34(13-15-35)18-20-4-2-1-3-5-20/h1-11,16-17H,12-15,18-19H2,(H,31,32,33). The first-order valence-electron chi connectivity index (χ1n) is 12.5. The molecule has 0 unspecified atom stereocenters. The second-order valence-electron chi connectivity index (χ2n) is 9.21. The molecule has 0 spiro atoms. The SMILES string of the molecule is O=C(c1cnc(-c2ccc3c(c2)OCO3)nc1Nc1ccc(F)cc1)N1CCN(Cc2ccccc2)CC1. The topological polar surface area (TPSA) is 79.8 Å². The van der Waals surface area contributed by atoms with E-state index in [2.05, 4.69) is 27.3 Å². The number of benzene rings is 3. The molecule has 9 heteroatoms. The zero-order valence-electron chi connectivity index (χ0n) is 20.6. The number of hydrogen-bond acceptors (Lipinski definition) is 7. The second-order valence-corrected chi connectivity index (χ2v) is 9.21. The third-order valence-electron chi connectivity index (χ3n) is 6.67. The van der Waals surface area contributed by atoms with Crippen LogP contribution in [0.5, 0.6) is 11.5 Å².